The molecule has 1 saturated carbocycles. The van der Waals surface area contributed by atoms with Crippen LogP contribution in [0.25, 0.3) is 16.9 Å². The van der Waals surface area contributed by atoms with E-state index in [4.69, 9.17) is 16.3 Å². The molecule has 4 aromatic heterocycles. The molecule has 4 aromatic rings. The van der Waals surface area contributed by atoms with Gasteiger partial charge in [0.25, 0.3) is 5.91 Å². The van der Waals surface area contributed by atoms with E-state index in [0.29, 0.717) is 33.2 Å². The summed E-state index contributed by atoms with van der Waals surface area (Å²) >= 11 is 6.21. The summed E-state index contributed by atoms with van der Waals surface area (Å²) in [5.74, 6) is -0.197. The van der Waals surface area contributed by atoms with E-state index in [1.807, 2.05) is 7.05 Å². The van der Waals surface area contributed by atoms with Gasteiger partial charge < -0.3 is 15.0 Å². The lowest BCUT2D eigenvalue weighted by atomic mass is 10.1. The molecule has 1 fully saturated rings. The van der Waals surface area contributed by atoms with E-state index >= 15 is 0 Å². The van der Waals surface area contributed by atoms with Crippen LogP contribution >= 0.6 is 11.6 Å². The number of ether oxygens (including phenoxy) is 1. The number of hydrogen-bond acceptors (Lipinski definition) is 7. The van der Waals surface area contributed by atoms with Crippen LogP contribution in [0.3, 0.4) is 0 Å². The summed E-state index contributed by atoms with van der Waals surface area (Å²) < 4.78 is 8.43. The van der Waals surface area contributed by atoms with Gasteiger partial charge in [0, 0.05) is 37.9 Å². The van der Waals surface area contributed by atoms with Gasteiger partial charge in [-0.3, -0.25) is 14.3 Å². The summed E-state index contributed by atoms with van der Waals surface area (Å²) in [4.78, 5) is 36.5. The zero-order chi connectivity index (χ0) is 25.2. The third-order valence-corrected chi connectivity index (χ3v) is 6.57. The van der Waals surface area contributed by atoms with Crippen molar-refractivity contribution in [2.24, 2.45) is 0 Å². The van der Waals surface area contributed by atoms with Crippen molar-refractivity contribution in [2.45, 2.75) is 38.3 Å². The third-order valence-electron chi connectivity index (χ3n) is 6.36. The molecule has 0 spiro atoms. The predicted molar refractivity (Wildman–Crippen MR) is 133 cm³/mol. The molecule has 2 amide bonds. The number of likely N-dealkylation sites (N-methyl/N-ethyl adjacent to an activating group) is 1. The number of nitrogens with one attached hydrogen (secondary N) is 1. The second-order valence-electron chi connectivity index (χ2n) is 8.64. The Kier molecular flexibility index (Phi) is 6.55. The predicted octanol–water partition coefficient (Wildman–Crippen LogP) is 3.30. The zero-order valence-corrected chi connectivity index (χ0v) is 20.6. The molecule has 0 unspecified atom stereocenters. The van der Waals surface area contributed by atoms with Gasteiger partial charge in [-0.2, -0.15) is 10.2 Å². The summed E-state index contributed by atoms with van der Waals surface area (Å²) in [7, 11) is 3.31. The first-order chi connectivity index (χ1) is 17.4. The van der Waals surface area contributed by atoms with Crippen LogP contribution in [0.5, 0.6) is 5.88 Å². The number of amides is 2. The number of anilines is 1. The first-order valence-electron chi connectivity index (χ1n) is 11.6. The van der Waals surface area contributed by atoms with Crippen molar-refractivity contribution in [1.82, 2.24) is 34.3 Å². The molecule has 0 bridgehead atoms. The fourth-order valence-electron chi connectivity index (χ4n) is 4.47. The van der Waals surface area contributed by atoms with Crippen molar-refractivity contribution >= 4 is 34.7 Å². The van der Waals surface area contributed by atoms with Crippen molar-refractivity contribution in [2.75, 3.05) is 19.5 Å². The minimum atomic E-state index is -0.423. The van der Waals surface area contributed by atoms with E-state index in [0.717, 1.165) is 25.7 Å². The molecule has 0 aromatic carbocycles. The molecule has 0 radical (unpaired) electrons. The molecule has 186 valence electrons. The van der Waals surface area contributed by atoms with Gasteiger partial charge in [-0.15, -0.1) is 0 Å². The minimum Gasteiger partial charge on any atom is -0.481 e. The molecule has 1 N–H and O–H groups in total. The molecule has 12 heteroatoms. The normalized spacial score (nSPS) is 13.8. The maximum atomic E-state index is 13.2. The van der Waals surface area contributed by atoms with Crippen LogP contribution in [0.15, 0.2) is 43.1 Å². The zero-order valence-electron chi connectivity index (χ0n) is 19.9. The van der Waals surface area contributed by atoms with E-state index in [1.54, 1.807) is 35.6 Å². The van der Waals surface area contributed by atoms with Crippen molar-refractivity contribution in [3.05, 3.63) is 53.7 Å². The van der Waals surface area contributed by atoms with E-state index in [9.17, 15) is 9.59 Å². The van der Waals surface area contributed by atoms with E-state index in [-0.39, 0.29) is 24.4 Å². The summed E-state index contributed by atoms with van der Waals surface area (Å²) in [6.07, 6.45) is 12.1. The molecule has 5 rings (SSSR count). The number of hydrogen-bond donors (Lipinski definition) is 1. The SMILES string of the molecule is COc1ncc(Cl)cc1-c1nn(CC(=O)N(C)C2CCCC2)cc1NC(=O)c1cnn2cccnc12. The number of fused-ring (bicyclic) bond motifs is 1. The highest BCUT2D eigenvalue weighted by molar-refractivity contribution is 6.30. The van der Waals surface area contributed by atoms with Gasteiger partial charge in [-0.1, -0.05) is 24.4 Å². The lowest BCUT2D eigenvalue weighted by molar-refractivity contribution is -0.132. The van der Waals surface area contributed by atoms with Crippen LogP contribution in [-0.4, -0.2) is 66.3 Å². The first-order valence-corrected chi connectivity index (χ1v) is 11.9. The quantitative estimate of drug-likeness (QED) is 0.406. The second-order valence-corrected chi connectivity index (χ2v) is 9.08. The molecule has 1 aliphatic rings. The Bertz CT molecular complexity index is 1430. The van der Waals surface area contributed by atoms with Gasteiger partial charge in [-0.25, -0.2) is 14.5 Å². The number of methoxy groups -OCH3 is 1. The summed E-state index contributed by atoms with van der Waals surface area (Å²) in [6, 6.07) is 3.62. The van der Waals surface area contributed by atoms with Gasteiger partial charge in [0.1, 0.15) is 17.8 Å². The van der Waals surface area contributed by atoms with Crippen LogP contribution in [0.1, 0.15) is 36.0 Å². The Hall–Kier alpha value is -3.99. The van der Waals surface area contributed by atoms with Gasteiger partial charge in [0.15, 0.2) is 5.65 Å². The number of nitrogens with zero attached hydrogens (tertiary/aromatic N) is 7. The Morgan fingerprint density at radius 1 is 1.25 bits per heavy atom. The molecule has 4 heterocycles. The largest absolute Gasteiger partial charge is 0.481 e. The van der Waals surface area contributed by atoms with Crippen molar-refractivity contribution in [1.29, 1.82) is 0 Å². The lowest BCUT2D eigenvalue weighted by Crippen LogP contribution is -2.37. The third kappa shape index (κ3) is 4.61. The summed E-state index contributed by atoms with van der Waals surface area (Å²) in [5, 5.41) is 12.1. The average Bonchev–Trinajstić information content (AvgIpc) is 3.63. The summed E-state index contributed by atoms with van der Waals surface area (Å²) in [5.41, 5.74) is 1.93. The van der Waals surface area contributed by atoms with Crippen molar-refractivity contribution in [3.8, 4) is 17.1 Å². The monoisotopic (exact) mass is 508 g/mol. The van der Waals surface area contributed by atoms with Crippen LogP contribution in [0.4, 0.5) is 5.69 Å². The van der Waals surface area contributed by atoms with Crippen molar-refractivity contribution in [3.63, 3.8) is 0 Å². The minimum absolute atomic E-state index is 0.0183. The Morgan fingerprint density at radius 2 is 2.06 bits per heavy atom. The topological polar surface area (TPSA) is 120 Å². The molecular formula is C24H25ClN8O3. The fourth-order valence-corrected chi connectivity index (χ4v) is 4.63. The highest BCUT2D eigenvalue weighted by Gasteiger charge is 2.25. The van der Waals surface area contributed by atoms with E-state index in [2.05, 4.69) is 25.5 Å². The molecule has 0 atom stereocenters. The van der Waals surface area contributed by atoms with Crippen LogP contribution in [0.2, 0.25) is 5.02 Å². The van der Waals surface area contributed by atoms with Crippen LogP contribution < -0.4 is 10.1 Å². The number of aromatic nitrogens is 6. The molecule has 36 heavy (non-hydrogen) atoms. The van der Waals surface area contributed by atoms with E-state index < -0.39 is 5.91 Å². The second kappa shape index (κ2) is 9.94. The highest BCUT2D eigenvalue weighted by Crippen LogP contribution is 2.35. The molecule has 0 saturated heterocycles. The molecule has 1 aliphatic carbocycles. The first kappa shape index (κ1) is 23.7. The van der Waals surface area contributed by atoms with Crippen molar-refractivity contribution < 1.29 is 14.3 Å². The molecular weight excluding hydrogens is 484 g/mol. The molecule has 11 nitrogen and oxygen atoms in total. The Morgan fingerprint density at radius 3 is 2.83 bits per heavy atom. The lowest BCUT2D eigenvalue weighted by Gasteiger charge is -2.24. The number of halogens is 1. The number of pyridine rings is 1. The van der Waals surface area contributed by atoms with Crippen LogP contribution in [-0.2, 0) is 11.3 Å². The van der Waals surface area contributed by atoms with Crippen LogP contribution in [0, 0.1) is 0 Å². The molecule has 0 aliphatic heterocycles. The van der Waals surface area contributed by atoms with Gasteiger partial charge in [0.05, 0.1) is 29.6 Å². The fraction of sp³-hybridized carbons (Fsp3) is 0.333. The number of rotatable bonds is 7. The number of carbonyl (C=O) groups excluding carboxylic acids is 2. The Balaban J connectivity index is 1.49. The number of carbonyl (C=O) groups is 2. The van der Waals surface area contributed by atoms with Gasteiger partial charge in [0.2, 0.25) is 11.8 Å². The van der Waals surface area contributed by atoms with E-state index in [1.165, 1.54) is 28.7 Å². The average molecular weight is 509 g/mol. The van der Waals surface area contributed by atoms with Gasteiger partial charge >= 0.3 is 0 Å². The summed E-state index contributed by atoms with van der Waals surface area (Å²) in [6.45, 7) is 0.0183. The maximum Gasteiger partial charge on any atom is 0.261 e. The maximum absolute atomic E-state index is 13.2. The highest BCUT2D eigenvalue weighted by atomic mass is 35.5. The standard InChI is InChI=1S/C24H25ClN8O3/c1-31(16-6-3-4-7-16)20(34)14-32-13-19(21(30-32)17-10-15(25)11-27-24(17)36-2)29-23(35)18-12-28-33-9-5-8-26-22(18)33/h5,8-13,16H,3-4,6-7,14H2,1-2H3,(H,29,35). The smallest absolute Gasteiger partial charge is 0.261 e. The Labute approximate surface area is 212 Å². The van der Waals surface area contributed by atoms with Gasteiger partial charge in [-0.05, 0) is 25.0 Å².